The Morgan fingerprint density at radius 3 is 2.93 bits per heavy atom. The van der Waals surface area contributed by atoms with E-state index in [1.807, 2.05) is 32.0 Å². The van der Waals surface area contributed by atoms with Crippen molar-refractivity contribution in [3.8, 4) is 0 Å². The molecule has 0 radical (unpaired) electrons. The Bertz CT molecular complexity index is 300. The van der Waals surface area contributed by atoms with Gasteiger partial charge in [-0.3, -0.25) is 9.78 Å². The molecule has 0 bridgehead atoms. The molecule has 1 aromatic rings. The number of hydrogen-bond donors (Lipinski definition) is 2. The van der Waals surface area contributed by atoms with E-state index < -0.39 is 0 Å². The van der Waals surface area contributed by atoms with Gasteiger partial charge in [0.25, 0.3) is 0 Å². The van der Waals surface area contributed by atoms with Crippen LogP contribution in [-0.4, -0.2) is 24.0 Å². The van der Waals surface area contributed by atoms with Crippen molar-refractivity contribution >= 4 is 5.91 Å². The van der Waals surface area contributed by atoms with E-state index in [4.69, 9.17) is 0 Å². The fraction of sp³-hybridized carbons (Fsp3) is 0.455. The van der Waals surface area contributed by atoms with E-state index in [1.165, 1.54) is 0 Å². The van der Waals surface area contributed by atoms with Crippen molar-refractivity contribution in [2.24, 2.45) is 0 Å². The largest absolute Gasteiger partial charge is 0.347 e. The normalized spacial score (nSPS) is 12.1. The van der Waals surface area contributed by atoms with E-state index in [2.05, 4.69) is 15.6 Å². The summed E-state index contributed by atoms with van der Waals surface area (Å²) in [7, 11) is 0. The Morgan fingerprint density at radius 2 is 2.33 bits per heavy atom. The van der Waals surface area contributed by atoms with Gasteiger partial charge in [0, 0.05) is 6.20 Å². The van der Waals surface area contributed by atoms with Gasteiger partial charge in [-0.05, 0) is 25.6 Å². The van der Waals surface area contributed by atoms with Gasteiger partial charge in [-0.1, -0.05) is 13.0 Å². The molecule has 0 unspecified atom stereocenters. The molecule has 0 spiro atoms. The molecular weight excluding hydrogens is 190 g/mol. The van der Waals surface area contributed by atoms with Crippen molar-refractivity contribution in [2.45, 2.75) is 19.9 Å². The van der Waals surface area contributed by atoms with Gasteiger partial charge in [0.1, 0.15) is 0 Å². The summed E-state index contributed by atoms with van der Waals surface area (Å²) < 4.78 is 0. The average molecular weight is 207 g/mol. The highest BCUT2D eigenvalue weighted by molar-refractivity contribution is 5.78. The Kier molecular flexibility index (Phi) is 4.77. The van der Waals surface area contributed by atoms with E-state index >= 15 is 0 Å². The summed E-state index contributed by atoms with van der Waals surface area (Å²) in [6, 6.07) is 5.63. The van der Waals surface area contributed by atoms with Gasteiger partial charge in [-0.25, -0.2) is 0 Å². The molecule has 0 aliphatic rings. The number of rotatable bonds is 5. The lowest BCUT2D eigenvalue weighted by Gasteiger charge is -2.13. The number of nitrogens with zero attached hydrogens (tertiary/aromatic N) is 1. The highest BCUT2D eigenvalue weighted by atomic mass is 16.1. The first-order valence-corrected chi connectivity index (χ1v) is 5.15. The minimum Gasteiger partial charge on any atom is -0.347 e. The molecule has 4 heteroatoms. The van der Waals surface area contributed by atoms with Crippen molar-refractivity contribution in [2.75, 3.05) is 13.1 Å². The summed E-state index contributed by atoms with van der Waals surface area (Å²) in [5.41, 5.74) is 0.877. The summed E-state index contributed by atoms with van der Waals surface area (Å²) in [4.78, 5) is 15.6. The minimum absolute atomic E-state index is 0.00463. The molecule has 1 amide bonds. The van der Waals surface area contributed by atoms with Crippen LogP contribution in [0.3, 0.4) is 0 Å². The maximum Gasteiger partial charge on any atom is 0.234 e. The zero-order chi connectivity index (χ0) is 11.1. The summed E-state index contributed by atoms with van der Waals surface area (Å²) in [6.07, 6.45) is 1.72. The lowest BCUT2D eigenvalue weighted by Crippen LogP contribution is -2.35. The fourth-order valence-electron chi connectivity index (χ4n) is 1.24. The zero-order valence-electron chi connectivity index (χ0n) is 9.16. The van der Waals surface area contributed by atoms with Gasteiger partial charge in [-0.2, -0.15) is 0 Å². The standard InChI is InChI=1S/C11H17N3O/c1-3-12-8-11(15)14-9(2)10-6-4-5-7-13-10/h4-7,9,12H,3,8H2,1-2H3,(H,14,15)/t9-/m0/s1. The van der Waals surface area contributed by atoms with Gasteiger partial charge >= 0.3 is 0 Å². The molecule has 0 aliphatic carbocycles. The molecule has 0 fully saturated rings. The van der Waals surface area contributed by atoms with Crippen molar-refractivity contribution < 1.29 is 4.79 Å². The topological polar surface area (TPSA) is 54.0 Å². The third-order valence-corrected chi connectivity index (χ3v) is 2.04. The molecule has 82 valence electrons. The SMILES string of the molecule is CCNCC(=O)N[C@@H](C)c1ccccn1. The smallest absolute Gasteiger partial charge is 0.234 e. The first kappa shape index (κ1) is 11.7. The van der Waals surface area contributed by atoms with Crippen LogP contribution < -0.4 is 10.6 Å². The lowest BCUT2D eigenvalue weighted by molar-refractivity contribution is -0.120. The van der Waals surface area contributed by atoms with Crippen LogP contribution in [0.5, 0.6) is 0 Å². The van der Waals surface area contributed by atoms with Crippen molar-refractivity contribution in [3.05, 3.63) is 30.1 Å². The molecule has 1 atom stereocenters. The summed E-state index contributed by atoms with van der Waals surface area (Å²) >= 11 is 0. The number of amides is 1. The Labute approximate surface area is 90.1 Å². The van der Waals surface area contributed by atoms with Crippen LogP contribution >= 0.6 is 0 Å². The molecule has 1 aromatic heterocycles. The summed E-state index contributed by atoms with van der Waals surface area (Å²) in [5, 5.41) is 5.84. The molecule has 4 nitrogen and oxygen atoms in total. The van der Waals surface area contributed by atoms with E-state index in [1.54, 1.807) is 6.20 Å². The molecule has 0 saturated heterocycles. The number of pyridine rings is 1. The van der Waals surface area contributed by atoms with Crippen molar-refractivity contribution in [1.29, 1.82) is 0 Å². The predicted molar refractivity (Wildman–Crippen MR) is 59.3 cm³/mol. The molecule has 1 heterocycles. The molecule has 0 saturated carbocycles. The van der Waals surface area contributed by atoms with Gasteiger partial charge in [0.15, 0.2) is 0 Å². The van der Waals surface area contributed by atoms with Crippen LogP contribution in [0.1, 0.15) is 25.6 Å². The van der Waals surface area contributed by atoms with Gasteiger partial charge in [-0.15, -0.1) is 0 Å². The van der Waals surface area contributed by atoms with Crippen LogP contribution in [0.4, 0.5) is 0 Å². The van der Waals surface area contributed by atoms with Crippen molar-refractivity contribution in [3.63, 3.8) is 0 Å². The maximum absolute atomic E-state index is 11.4. The third kappa shape index (κ3) is 4.08. The van der Waals surface area contributed by atoms with Crippen LogP contribution in [0, 0.1) is 0 Å². The first-order valence-electron chi connectivity index (χ1n) is 5.15. The van der Waals surface area contributed by atoms with E-state index in [0.717, 1.165) is 12.2 Å². The predicted octanol–water partition coefficient (Wildman–Crippen LogP) is 0.868. The summed E-state index contributed by atoms with van der Waals surface area (Å²) in [5.74, 6) is -0.00463. The molecule has 0 aromatic carbocycles. The van der Waals surface area contributed by atoms with Gasteiger partial charge in [0.05, 0.1) is 18.3 Å². The second kappa shape index (κ2) is 6.14. The number of hydrogen-bond acceptors (Lipinski definition) is 3. The first-order chi connectivity index (χ1) is 7.24. The zero-order valence-corrected chi connectivity index (χ0v) is 9.16. The van der Waals surface area contributed by atoms with Gasteiger partial charge < -0.3 is 10.6 Å². The molecule has 2 N–H and O–H groups in total. The highest BCUT2D eigenvalue weighted by Crippen LogP contribution is 2.06. The Morgan fingerprint density at radius 1 is 1.53 bits per heavy atom. The highest BCUT2D eigenvalue weighted by Gasteiger charge is 2.08. The fourth-order valence-corrected chi connectivity index (χ4v) is 1.24. The van der Waals surface area contributed by atoms with E-state index in [9.17, 15) is 4.79 Å². The van der Waals surface area contributed by atoms with Crippen LogP contribution in [0.15, 0.2) is 24.4 Å². The van der Waals surface area contributed by atoms with Crippen molar-refractivity contribution in [1.82, 2.24) is 15.6 Å². The Balaban J connectivity index is 2.42. The average Bonchev–Trinajstić information content (AvgIpc) is 2.27. The van der Waals surface area contributed by atoms with E-state index in [-0.39, 0.29) is 11.9 Å². The van der Waals surface area contributed by atoms with Crippen LogP contribution in [0.25, 0.3) is 0 Å². The molecule has 15 heavy (non-hydrogen) atoms. The quantitative estimate of drug-likeness (QED) is 0.753. The number of nitrogens with one attached hydrogen (secondary N) is 2. The number of aromatic nitrogens is 1. The number of likely N-dealkylation sites (N-methyl/N-ethyl adjacent to an activating group) is 1. The second-order valence-electron chi connectivity index (χ2n) is 3.32. The molecule has 0 aliphatic heterocycles. The maximum atomic E-state index is 11.4. The number of carbonyl (C=O) groups excluding carboxylic acids is 1. The number of carbonyl (C=O) groups is 1. The van der Waals surface area contributed by atoms with Gasteiger partial charge in [0.2, 0.25) is 5.91 Å². The lowest BCUT2D eigenvalue weighted by atomic mass is 10.2. The third-order valence-electron chi connectivity index (χ3n) is 2.04. The monoisotopic (exact) mass is 207 g/mol. The molecule has 1 rings (SSSR count). The molecular formula is C11H17N3O. The van der Waals surface area contributed by atoms with E-state index in [0.29, 0.717) is 6.54 Å². The second-order valence-corrected chi connectivity index (χ2v) is 3.32. The minimum atomic E-state index is -0.0441. The Hall–Kier alpha value is -1.42. The van der Waals surface area contributed by atoms with Crippen LogP contribution in [0.2, 0.25) is 0 Å². The van der Waals surface area contributed by atoms with Crippen LogP contribution in [-0.2, 0) is 4.79 Å². The summed E-state index contributed by atoms with van der Waals surface area (Å²) in [6.45, 7) is 5.04.